The summed E-state index contributed by atoms with van der Waals surface area (Å²) in [6.45, 7) is 6.89. The first kappa shape index (κ1) is 40.5. The summed E-state index contributed by atoms with van der Waals surface area (Å²) in [5.74, 6) is -5.83. The van der Waals surface area contributed by atoms with Crippen LogP contribution in [0.2, 0.25) is 0 Å². The van der Waals surface area contributed by atoms with E-state index in [1.807, 2.05) is 0 Å². The van der Waals surface area contributed by atoms with Crippen molar-refractivity contribution in [3.8, 4) is 0 Å². The van der Waals surface area contributed by atoms with Crippen LogP contribution in [-0.2, 0) is 33.3 Å². The van der Waals surface area contributed by atoms with Gasteiger partial charge in [-0.25, -0.2) is 9.59 Å². The molecule has 1 amide bonds. The molecule has 2 saturated carbocycles. The maximum atomic E-state index is 15.0. The second kappa shape index (κ2) is 15.4. The highest BCUT2D eigenvalue weighted by atomic mass is 16.6. The number of aliphatic hydroxyl groups excluding tert-OH is 3. The van der Waals surface area contributed by atoms with Crippen molar-refractivity contribution in [2.45, 2.75) is 101 Å². The molecule has 1 heterocycles. The smallest absolute Gasteiger partial charge is 0.338 e. The molecular formula is C45H49NO13. The summed E-state index contributed by atoms with van der Waals surface area (Å²) in [6.07, 6.45) is -10.3. The van der Waals surface area contributed by atoms with Crippen LogP contribution in [0.5, 0.6) is 0 Å². The molecule has 11 atom stereocenters. The van der Waals surface area contributed by atoms with Gasteiger partial charge in [0.15, 0.2) is 17.5 Å². The second-order valence-electron chi connectivity index (χ2n) is 16.7. The zero-order valence-electron chi connectivity index (χ0n) is 34.3. The molecule has 59 heavy (non-hydrogen) atoms. The van der Waals surface area contributed by atoms with Crippen molar-refractivity contribution in [2.24, 2.45) is 16.7 Å². The maximum absolute atomic E-state index is 15.0. The molecule has 7 rings (SSSR count). The Morgan fingerprint density at radius 2 is 1.49 bits per heavy atom. The van der Waals surface area contributed by atoms with Crippen LogP contribution in [0.25, 0.3) is 0 Å². The summed E-state index contributed by atoms with van der Waals surface area (Å²) in [5.41, 5.74) is -6.86. The number of amides is 1. The minimum atomic E-state index is -2.35. The number of ketones is 1. The fourth-order valence-corrected chi connectivity index (χ4v) is 9.93. The van der Waals surface area contributed by atoms with E-state index in [2.05, 4.69) is 5.32 Å². The number of carbonyl (C=O) groups excluding carboxylic acids is 5. The molecule has 0 radical (unpaired) electrons. The van der Waals surface area contributed by atoms with Crippen molar-refractivity contribution in [3.63, 3.8) is 0 Å². The average molecular weight is 814 g/mol. The number of aliphatic hydroxyl groups is 4. The summed E-state index contributed by atoms with van der Waals surface area (Å²) in [5, 5.41) is 45.4. The van der Waals surface area contributed by atoms with Gasteiger partial charge in [0.2, 0.25) is 1.43 Å². The van der Waals surface area contributed by atoms with Gasteiger partial charge >= 0.3 is 17.9 Å². The van der Waals surface area contributed by atoms with Crippen LogP contribution in [0.15, 0.2) is 102 Å². The van der Waals surface area contributed by atoms with Gasteiger partial charge in [-0.05, 0) is 54.8 Å². The maximum Gasteiger partial charge on any atom is 0.338 e. The Labute approximate surface area is 342 Å². The summed E-state index contributed by atoms with van der Waals surface area (Å²) in [7, 11) is 0. The molecule has 3 aromatic rings. The van der Waals surface area contributed by atoms with Gasteiger partial charge in [0.25, 0.3) is 5.91 Å². The number of benzene rings is 3. The first-order valence-corrected chi connectivity index (χ1v) is 19.6. The molecule has 312 valence electrons. The van der Waals surface area contributed by atoms with E-state index in [9.17, 15) is 34.5 Å². The van der Waals surface area contributed by atoms with Gasteiger partial charge < -0.3 is 44.7 Å². The molecule has 1 aliphatic heterocycles. The van der Waals surface area contributed by atoms with Gasteiger partial charge in [-0.3, -0.25) is 14.4 Å². The molecule has 3 fully saturated rings. The first-order valence-electron chi connectivity index (χ1n) is 20.0. The van der Waals surface area contributed by atoms with E-state index < -0.39 is 107 Å². The number of nitrogens with one attached hydrogen (secondary N) is 1. The molecule has 0 spiro atoms. The van der Waals surface area contributed by atoms with E-state index in [4.69, 9.17) is 25.5 Å². The molecular weight excluding hydrogens is 762 g/mol. The summed E-state index contributed by atoms with van der Waals surface area (Å²) < 4.78 is 32.4. The lowest BCUT2D eigenvalue weighted by Crippen LogP contribution is -2.81. The van der Waals surface area contributed by atoms with Gasteiger partial charge in [0.05, 0.1) is 35.6 Å². The van der Waals surface area contributed by atoms with Crippen LogP contribution in [0, 0.1) is 16.7 Å². The Hall–Kier alpha value is -5.25. The van der Waals surface area contributed by atoms with Crippen LogP contribution in [0.4, 0.5) is 0 Å². The van der Waals surface area contributed by atoms with Crippen LogP contribution < -0.4 is 5.32 Å². The van der Waals surface area contributed by atoms with E-state index in [0.717, 1.165) is 6.92 Å². The number of esters is 3. The highest BCUT2D eigenvalue weighted by Crippen LogP contribution is 2.64. The Balaban J connectivity index is 1.36. The second-order valence-corrected chi connectivity index (χ2v) is 16.7. The van der Waals surface area contributed by atoms with Crippen molar-refractivity contribution in [1.82, 2.24) is 5.32 Å². The number of hydrogen-bond acceptors (Lipinski definition) is 13. The van der Waals surface area contributed by atoms with E-state index >= 15 is 4.79 Å². The number of carbonyl (C=O) groups is 5. The predicted molar refractivity (Wildman–Crippen MR) is 208 cm³/mol. The molecule has 14 heteroatoms. The Morgan fingerprint density at radius 3 is 2.05 bits per heavy atom. The Bertz CT molecular complexity index is 2180. The normalized spacial score (nSPS) is 33.2. The fourth-order valence-electron chi connectivity index (χ4n) is 9.93. The molecule has 0 unspecified atom stereocenters. The zero-order valence-corrected chi connectivity index (χ0v) is 33.3. The highest BCUT2D eigenvalue weighted by Gasteiger charge is 2.78. The summed E-state index contributed by atoms with van der Waals surface area (Å²) >= 11 is 0. The monoisotopic (exact) mass is 813 g/mol. The van der Waals surface area contributed by atoms with Crippen LogP contribution in [0.1, 0.15) is 79.8 Å². The fraction of sp³-hybridized carbons (Fsp3) is 0.444. The average Bonchev–Trinajstić information content (AvgIpc) is 3.22. The van der Waals surface area contributed by atoms with Gasteiger partial charge in [-0.2, -0.15) is 0 Å². The third-order valence-electron chi connectivity index (χ3n) is 13.2. The van der Waals surface area contributed by atoms with E-state index in [1.165, 1.54) is 26.0 Å². The molecule has 5 N–H and O–H groups in total. The molecule has 1 saturated heterocycles. The van der Waals surface area contributed by atoms with Crippen LogP contribution >= 0.6 is 0 Å². The van der Waals surface area contributed by atoms with Gasteiger partial charge in [-0.15, -0.1) is 0 Å². The number of hydrogen-bond donors (Lipinski definition) is 5. The lowest BCUT2D eigenvalue weighted by Gasteiger charge is -2.67. The number of rotatable bonds is 10. The summed E-state index contributed by atoms with van der Waals surface area (Å²) in [4.78, 5) is 69.9. The predicted octanol–water partition coefficient (Wildman–Crippen LogP) is 3.16. The molecule has 3 aliphatic carbocycles. The Kier molecular flexibility index (Phi) is 10.6. The van der Waals surface area contributed by atoms with E-state index in [0.29, 0.717) is 5.56 Å². The highest BCUT2D eigenvalue weighted by molar-refractivity contribution is 5.95. The number of ether oxygens (including phenoxy) is 4. The summed E-state index contributed by atoms with van der Waals surface area (Å²) in [6, 6.07) is 23.2. The quantitative estimate of drug-likeness (QED) is 0.113. The lowest BCUT2D eigenvalue weighted by atomic mass is 9.44. The van der Waals surface area contributed by atoms with Crippen molar-refractivity contribution in [2.75, 3.05) is 6.61 Å². The van der Waals surface area contributed by atoms with Crippen LogP contribution in [0.3, 0.4) is 0 Å². The van der Waals surface area contributed by atoms with Crippen molar-refractivity contribution >= 4 is 29.6 Å². The topological polar surface area (TPSA) is 215 Å². The third-order valence-corrected chi connectivity index (χ3v) is 13.2. The number of Topliss-reactive ketones (excluding diaryl/α,β-unsaturated/α-hetero) is 1. The van der Waals surface area contributed by atoms with Gasteiger partial charge in [0, 0.05) is 30.7 Å². The van der Waals surface area contributed by atoms with Gasteiger partial charge in [0.1, 0.15) is 30.0 Å². The standard InChI is InChI=1S/C45H49NO13/c1-24-29(57-41(54)35(50)33(26-15-9-6-10-16-26)46-39(52)27-17-11-7-12-18-27)22-45(55)38(58-40(53)28-19-13-8-14-20-28)36-43(5,37(51)34(49)32(24)42(45,3)4)30(48)21-31-44(36,23-56-31)59-25(2)47/h6-20,29-31,33-36,38,48-50,55H,21-23H2,1-5H3,(H,46,52)/t29-,30-,31+,33-,34+,35+,36-,38-,43+,44-,45+/m0/s1/i50T. The van der Waals surface area contributed by atoms with Crippen LogP contribution in [-0.4, -0.2) is 106 Å². The van der Waals surface area contributed by atoms with Crippen molar-refractivity contribution in [1.29, 1.82) is 1.43 Å². The molecule has 0 aromatic heterocycles. The largest absolute Gasteiger partial charge is 0.456 e. The third kappa shape index (κ3) is 6.76. The molecule has 3 aromatic carbocycles. The minimum Gasteiger partial charge on any atom is -0.456 e. The van der Waals surface area contributed by atoms with Crippen molar-refractivity contribution in [3.05, 3.63) is 119 Å². The number of fused-ring (bicyclic) bond motifs is 5. The zero-order chi connectivity index (χ0) is 43.4. The molecule has 4 aliphatic rings. The minimum absolute atomic E-state index is 0.0551. The van der Waals surface area contributed by atoms with E-state index in [1.54, 1.807) is 92.7 Å². The Morgan fingerprint density at radius 1 is 0.898 bits per heavy atom. The lowest BCUT2D eigenvalue weighted by molar-refractivity contribution is -0.346. The van der Waals surface area contributed by atoms with Crippen molar-refractivity contribution < 1.29 is 63.3 Å². The first-order chi connectivity index (χ1) is 28.4. The van der Waals surface area contributed by atoms with Gasteiger partial charge in [-0.1, -0.05) is 80.6 Å². The molecule has 2 bridgehead atoms. The molecule has 14 nitrogen and oxygen atoms in total. The SMILES string of the molecule is [3H]O[C@@H](C(=O)O[C@H]1C[C@@]2(O)[C@@H](OC(=O)c3ccccc3)[C@@H]3[C@]4(OC(C)=O)CO[C@@H]4C[C@H](O)[C@@]3(C)C(=O)[C@H](O)C(=C1C)C2(C)C)[C@@H](NC(=O)c1ccccc1)c1ccccc1. The van der Waals surface area contributed by atoms with E-state index in [-0.39, 0.29) is 35.3 Å².